The molecule has 3 N–H and O–H groups in total. The van der Waals surface area contributed by atoms with Crippen LogP contribution in [0, 0.1) is 0 Å². The van der Waals surface area contributed by atoms with Crippen molar-refractivity contribution < 1.29 is 15.6 Å². The molecule has 0 unspecified atom stereocenters. The average Bonchev–Trinajstić information content (AvgIpc) is 2.82. The third kappa shape index (κ3) is 6.82. The van der Waals surface area contributed by atoms with Crippen LogP contribution in [0.3, 0.4) is 0 Å². The average molecular weight is 524 g/mol. The molecule has 3 aromatic carbocycles. The lowest BCUT2D eigenvalue weighted by Gasteiger charge is -2.32. The molecule has 0 aromatic heterocycles. The van der Waals surface area contributed by atoms with Crippen molar-refractivity contribution in [1.29, 1.82) is 0 Å². The molecule has 0 amide bonds. The van der Waals surface area contributed by atoms with Gasteiger partial charge in [0.1, 0.15) is 0 Å². The van der Waals surface area contributed by atoms with Gasteiger partial charge < -0.3 is 0 Å². The predicted molar refractivity (Wildman–Crippen MR) is 157 cm³/mol. The first-order valence-corrected chi connectivity index (χ1v) is 13.9. The third-order valence-corrected chi connectivity index (χ3v) is 8.41. The van der Waals surface area contributed by atoms with Gasteiger partial charge in [-0.3, -0.25) is 30.8 Å². The highest BCUT2D eigenvalue weighted by atomic mass is 31.1. The maximum absolute atomic E-state index is 10.6. The van der Waals surface area contributed by atoms with E-state index in [0.29, 0.717) is 0 Å². The SMILES string of the molecule is CC(C)(C)N(O)c1ccc(P(c2ccc(N(O)C(C)(C)C)cc2)c2ccc(N(O)C(C)(C)C)cc2)cc1. The number of benzene rings is 3. The molecule has 0 radical (unpaired) electrons. The van der Waals surface area contributed by atoms with E-state index in [1.54, 1.807) is 0 Å². The van der Waals surface area contributed by atoms with Gasteiger partial charge in [0.15, 0.2) is 0 Å². The molecule has 0 spiro atoms. The van der Waals surface area contributed by atoms with Gasteiger partial charge in [0.05, 0.1) is 33.7 Å². The van der Waals surface area contributed by atoms with Crippen molar-refractivity contribution in [3.8, 4) is 0 Å². The Morgan fingerprint density at radius 3 is 0.757 bits per heavy atom. The monoisotopic (exact) mass is 523 g/mol. The molecule has 0 aliphatic rings. The van der Waals surface area contributed by atoms with Crippen LogP contribution in [-0.4, -0.2) is 32.2 Å². The van der Waals surface area contributed by atoms with E-state index < -0.39 is 24.5 Å². The minimum Gasteiger partial charge on any atom is -0.288 e. The Bertz CT molecular complexity index is 1010. The van der Waals surface area contributed by atoms with Crippen molar-refractivity contribution in [2.24, 2.45) is 0 Å². The second kappa shape index (κ2) is 10.6. The molecule has 0 bridgehead atoms. The van der Waals surface area contributed by atoms with E-state index in [1.807, 2.05) is 98.7 Å². The van der Waals surface area contributed by atoms with Crippen LogP contribution in [0.4, 0.5) is 17.1 Å². The number of anilines is 3. The third-order valence-electron chi connectivity index (χ3n) is 5.96. The summed E-state index contributed by atoms with van der Waals surface area (Å²) in [6, 6.07) is 24.1. The van der Waals surface area contributed by atoms with E-state index in [2.05, 4.69) is 36.4 Å². The normalized spacial score (nSPS) is 12.6. The molecule has 0 saturated heterocycles. The zero-order valence-corrected chi connectivity index (χ0v) is 24.5. The van der Waals surface area contributed by atoms with Crippen LogP contribution in [0.15, 0.2) is 72.8 Å². The smallest absolute Gasteiger partial charge is 0.0640 e. The van der Waals surface area contributed by atoms with Gasteiger partial charge in [-0.05, 0) is 123 Å². The van der Waals surface area contributed by atoms with Gasteiger partial charge in [0.2, 0.25) is 0 Å². The lowest BCUT2D eigenvalue weighted by Crippen LogP contribution is -2.39. The van der Waals surface area contributed by atoms with Crippen LogP contribution in [0.25, 0.3) is 0 Å². The highest BCUT2D eigenvalue weighted by Crippen LogP contribution is 2.36. The van der Waals surface area contributed by atoms with E-state index in [4.69, 9.17) is 0 Å². The molecular weight excluding hydrogens is 481 g/mol. The van der Waals surface area contributed by atoms with E-state index in [0.717, 1.165) is 33.0 Å². The van der Waals surface area contributed by atoms with Crippen LogP contribution in [0.2, 0.25) is 0 Å². The van der Waals surface area contributed by atoms with Crippen molar-refractivity contribution in [1.82, 2.24) is 0 Å². The Kier molecular flexibility index (Phi) is 8.31. The maximum Gasteiger partial charge on any atom is 0.0640 e. The molecule has 200 valence electrons. The van der Waals surface area contributed by atoms with Crippen molar-refractivity contribution >= 4 is 40.9 Å². The molecule has 6 nitrogen and oxygen atoms in total. The van der Waals surface area contributed by atoms with E-state index >= 15 is 0 Å². The van der Waals surface area contributed by atoms with Crippen LogP contribution >= 0.6 is 7.92 Å². The summed E-state index contributed by atoms with van der Waals surface area (Å²) >= 11 is 0. The topological polar surface area (TPSA) is 70.4 Å². The summed E-state index contributed by atoms with van der Waals surface area (Å²) in [6.07, 6.45) is 0. The predicted octanol–water partition coefficient (Wildman–Crippen LogP) is 6.43. The first-order valence-electron chi connectivity index (χ1n) is 12.6. The number of hydroxylamine groups is 3. The Morgan fingerprint density at radius 1 is 0.405 bits per heavy atom. The van der Waals surface area contributed by atoms with Crippen LogP contribution in [-0.2, 0) is 0 Å². The summed E-state index contributed by atoms with van der Waals surface area (Å²) in [5.74, 6) is 0. The van der Waals surface area contributed by atoms with Crippen LogP contribution in [0.5, 0.6) is 0 Å². The summed E-state index contributed by atoms with van der Waals surface area (Å²) in [5, 5.41) is 39.1. The van der Waals surface area contributed by atoms with Gasteiger partial charge in [-0.1, -0.05) is 36.4 Å². The van der Waals surface area contributed by atoms with E-state index in [1.165, 1.54) is 15.2 Å². The summed E-state index contributed by atoms with van der Waals surface area (Å²) in [5.41, 5.74) is 0.969. The van der Waals surface area contributed by atoms with E-state index in [-0.39, 0.29) is 0 Å². The first kappa shape index (κ1) is 28.9. The lowest BCUT2D eigenvalue weighted by molar-refractivity contribution is 0.181. The van der Waals surface area contributed by atoms with Crippen molar-refractivity contribution in [2.75, 3.05) is 15.2 Å². The van der Waals surface area contributed by atoms with Crippen molar-refractivity contribution in [3.63, 3.8) is 0 Å². The number of hydrogen-bond acceptors (Lipinski definition) is 6. The molecule has 0 fully saturated rings. The maximum atomic E-state index is 10.6. The molecule has 3 aromatic rings. The van der Waals surface area contributed by atoms with Gasteiger partial charge in [-0.2, -0.15) is 0 Å². The second-order valence-corrected chi connectivity index (χ2v) is 14.6. The zero-order chi connectivity index (χ0) is 27.8. The molecule has 0 heterocycles. The molecule has 0 atom stereocenters. The lowest BCUT2D eigenvalue weighted by atomic mass is 10.1. The molecule has 0 aliphatic carbocycles. The quantitative estimate of drug-likeness (QED) is 0.256. The highest BCUT2D eigenvalue weighted by molar-refractivity contribution is 7.79. The zero-order valence-electron chi connectivity index (χ0n) is 23.6. The molecular formula is C30H42N3O3P. The second-order valence-electron chi connectivity index (χ2n) is 12.3. The van der Waals surface area contributed by atoms with Crippen LogP contribution in [0.1, 0.15) is 62.3 Å². The molecule has 3 rings (SSSR count). The standard InChI is InChI=1S/C30H42N3O3P/c1-28(2,3)31(34)22-10-16-25(17-11-22)37(26-18-12-23(13-19-26)32(35)29(4,5)6)27-20-14-24(15-21-27)33(36)30(7,8)9/h10-21,34-36H,1-9H3. The Labute approximate surface area is 223 Å². The van der Waals surface area contributed by atoms with Gasteiger partial charge in [0, 0.05) is 0 Å². The summed E-state index contributed by atoms with van der Waals surface area (Å²) in [6.45, 7) is 17.6. The van der Waals surface area contributed by atoms with E-state index in [9.17, 15) is 15.6 Å². The fraction of sp³-hybridized carbons (Fsp3) is 0.400. The Morgan fingerprint density at radius 2 is 0.595 bits per heavy atom. The molecule has 7 heteroatoms. The minimum absolute atomic E-state index is 0.412. The minimum atomic E-state index is -0.926. The fourth-order valence-corrected chi connectivity index (χ4v) is 6.07. The largest absolute Gasteiger partial charge is 0.288 e. The summed E-state index contributed by atoms with van der Waals surface area (Å²) < 4.78 is 0. The van der Waals surface area contributed by atoms with Gasteiger partial charge >= 0.3 is 0 Å². The number of rotatable bonds is 6. The first-order chi connectivity index (χ1) is 17.0. The molecule has 0 saturated carbocycles. The Hall–Kier alpha value is -2.63. The van der Waals surface area contributed by atoms with Gasteiger partial charge in [0.25, 0.3) is 0 Å². The van der Waals surface area contributed by atoms with Crippen molar-refractivity contribution in [2.45, 2.75) is 78.9 Å². The van der Waals surface area contributed by atoms with Crippen LogP contribution < -0.4 is 31.1 Å². The summed E-state index contributed by atoms with van der Waals surface area (Å²) in [7, 11) is -0.926. The van der Waals surface area contributed by atoms with Gasteiger partial charge in [-0.15, -0.1) is 0 Å². The molecule has 37 heavy (non-hydrogen) atoms. The fourth-order valence-electron chi connectivity index (χ4n) is 3.84. The number of hydrogen-bond donors (Lipinski definition) is 3. The summed E-state index contributed by atoms with van der Waals surface area (Å²) in [4.78, 5) is 0. The molecule has 0 aliphatic heterocycles. The van der Waals surface area contributed by atoms with Crippen molar-refractivity contribution in [3.05, 3.63) is 72.8 Å². The number of nitrogens with zero attached hydrogens (tertiary/aromatic N) is 3. The highest BCUT2D eigenvalue weighted by Gasteiger charge is 2.24. The van der Waals surface area contributed by atoms with Gasteiger partial charge in [-0.25, -0.2) is 0 Å². The Balaban J connectivity index is 2.04.